The van der Waals surface area contributed by atoms with Crippen LogP contribution in [0.25, 0.3) is 0 Å². The van der Waals surface area contributed by atoms with Gasteiger partial charge in [-0.2, -0.15) is 0 Å². The van der Waals surface area contributed by atoms with Crippen LogP contribution < -0.4 is 19.3 Å². The Bertz CT molecular complexity index is 458. The van der Waals surface area contributed by atoms with Gasteiger partial charge in [0.25, 0.3) is 10.0 Å². The van der Waals surface area contributed by atoms with E-state index in [0.29, 0.717) is 0 Å². The lowest BCUT2D eigenvalue weighted by Gasteiger charge is -2.12. The van der Waals surface area contributed by atoms with E-state index in [2.05, 4.69) is 0 Å². The molecular formula is C9H12NO5S. The van der Waals surface area contributed by atoms with Gasteiger partial charge in [0.2, 0.25) is 5.75 Å². The summed E-state index contributed by atoms with van der Waals surface area (Å²) in [6.07, 6.45) is 0. The number of benzene rings is 1. The maximum absolute atomic E-state index is 11.1. The van der Waals surface area contributed by atoms with Crippen LogP contribution >= 0.6 is 0 Å². The molecule has 1 aromatic carbocycles. The summed E-state index contributed by atoms with van der Waals surface area (Å²) in [4.78, 5) is -0.206. The molecule has 0 aliphatic heterocycles. The van der Waals surface area contributed by atoms with Crippen molar-refractivity contribution in [3.63, 3.8) is 0 Å². The Kier molecular flexibility index (Phi) is 3.61. The Morgan fingerprint density at radius 2 is 1.44 bits per heavy atom. The largest absolute Gasteiger partial charge is 0.493 e. The normalized spacial score (nSPS) is 11.0. The first kappa shape index (κ1) is 12.6. The highest BCUT2D eigenvalue weighted by Gasteiger charge is 2.18. The van der Waals surface area contributed by atoms with E-state index in [1.54, 1.807) is 0 Å². The maximum atomic E-state index is 11.1. The maximum Gasteiger partial charge on any atom is 0.254 e. The molecule has 0 amide bonds. The Labute approximate surface area is 94.0 Å². The van der Waals surface area contributed by atoms with Crippen molar-refractivity contribution in [1.29, 1.82) is 0 Å². The van der Waals surface area contributed by atoms with Gasteiger partial charge in [0.15, 0.2) is 11.5 Å². The molecule has 1 N–H and O–H groups in total. The molecule has 0 fully saturated rings. The van der Waals surface area contributed by atoms with E-state index in [1.165, 1.54) is 33.5 Å². The van der Waals surface area contributed by atoms with Crippen molar-refractivity contribution in [3.8, 4) is 17.2 Å². The number of hydrogen-bond donors (Lipinski definition) is 0. The molecule has 0 saturated carbocycles. The van der Waals surface area contributed by atoms with E-state index in [1.807, 2.05) is 0 Å². The zero-order chi connectivity index (χ0) is 12.3. The second-order valence-corrected chi connectivity index (χ2v) is 4.34. The van der Waals surface area contributed by atoms with Crippen LogP contribution in [0, 0.1) is 0 Å². The second kappa shape index (κ2) is 4.58. The molecule has 0 aromatic heterocycles. The van der Waals surface area contributed by atoms with E-state index < -0.39 is 10.0 Å². The fourth-order valence-corrected chi connectivity index (χ4v) is 1.74. The minimum absolute atomic E-state index is 0.202. The molecule has 0 aliphatic rings. The fraction of sp³-hybridized carbons (Fsp3) is 0.333. The average molecular weight is 246 g/mol. The lowest BCUT2D eigenvalue weighted by Crippen LogP contribution is -2.03. The van der Waals surface area contributed by atoms with Crippen molar-refractivity contribution < 1.29 is 22.6 Å². The van der Waals surface area contributed by atoms with Gasteiger partial charge >= 0.3 is 0 Å². The first-order chi connectivity index (χ1) is 7.43. The van der Waals surface area contributed by atoms with Crippen molar-refractivity contribution in [2.45, 2.75) is 4.90 Å². The summed E-state index contributed by atoms with van der Waals surface area (Å²) < 4.78 is 37.1. The van der Waals surface area contributed by atoms with Crippen LogP contribution in [0.2, 0.25) is 0 Å². The predicted octanol–water partition coefficient (Wildman–Crippen LogP) is 0.684. The molecule has 7 heteroatoms. The SMILES string of the molecule is COc1cc(S([NH])(=O)=O)cc(OC)c1OC. The first-order valence-electron chi connectivity index (χ1n) is 4.23. The Hall–Kier alpha value is -1.47. The van der Waals surface area contributed by atoms with E-state index in [0.717, 1.165) is 0 Å². The van der Waals surface area contributed by atoms with Crippen LogP contribution in [0.3, 0.4) is 0 Å². The third kappa shape index (κ3) is 2.37. The van der Waals surface area contributed by atoms with E-state index >= 15 is 0 Å². The molecule has 0 unspecified atom stereocenters. The molecule has 89 valence electrons. The summed E-state index contributed by atoms with van der Waals surface area (Å²) in [7, 11) is 0.0987. The summed E-state index contributed by atoms with van der Waals surface area (Å²) in [5.74, 6) is 0.692. The molecule has 0 saturated heterocycles. The Morgan fingerprint density at radius 1 is 1.00 bits per heavy atom. The number of hydrogen-bond acceptors (Lipinski definition) is 5. The third-order valence-corrected chi connectivity index (χ3v) is 2.80. The van der Waals surface area contributed by atoms with Gasteiger partial charge in [-0.15, -0.1) is 5.14 Å². The number of ether oxygens (including phenoxy) is 3. The van der Waals surface area contributed by atoms with Gasteiger partial charge in [0.05, 0.1) is 26.2 Å². The first-order valence-corrected chi connectivity index (χ1v) is 5.72. The number of rotatable bonds is 4. The van der Waals surface area contributed by atoms with Crippen LogP contribution in [0.4, 0.5) is 0 Å². The van der Waals surface area contributed by atoms with Gasteiger partial charge in [0.1, 0.15) is 0 Å². The molecular weight excluding hydrogens is 234 g/mol. The molecule has 0 heterocycles. The quantitative estimate of drug-likeness (QED) is 0.780. The van der Waals surface area contributed by atoms with E-state index in [4.69, 9.17) is 19.3 Å². The Morgan fingerprint density at radius 3 is 1.69 bits per heavy atom. The van der Waals surface area contributed by atoms with Crippen LogP contribution in [0.15, 0.2) is 17.0 Å². The van der Waals surface area contributed by atoms with Crippen molar-refractivity contribution in [2.24, 2.45) is 0 Å². The molecule has 1 rings (SSSR count). The lowest BCUT2D eigenvalue weighted by molar-refractivity contribution is 0.323. The average Bonchev–Trinajstić information content (AvgIpc) is 2.25. The summed E-state index contributed by atoms with van der Waals surface area (Å²) in [6, 6.07) is 2.42. The summed E-state index contributed by atoms with van der Waals surface area (Å²) >= 11 is 0. The van der Waals surface area contributed by atoms with Gasteiger partial charge < -0.3 is 14.2 Å². The van der Waals surface area contributed by atoms with Crippen molar-refractivity contribution >= 4 is 10.0 Å². The topological polar surface area (TPSA) is 85.6 Å². The third-order valence-electron chi connectivity index (χ3n) is 1.95. The standard InChI is InChI=1S/C9H12NO5S/c1-13-7-4-6(16(10,11)12)5-8(14-2)9(7)15-3/h4-5,10H,1-3H3. The van der Waals surface area contributed by atoms with Crippen LogP contribution in [-0.4, -0.2) is 29.7 Å². The van der Waals surface area contributed by atoms with Gasteiger partial charge in [0, 0.05) is 12.1 Å². The van der Waals surface area contributed by atoms with E-state index in [9.17, 15) is 8.42 Å². The highest BCUT2D eigenvalue weighted by molar-refractivity contribution is 7.88. The van der Waals surface area contributed by atoms with Gasteiger partial charge in [-0.3, -0.25) is 0 Å². The smallest absolute Gasteiger partial charge is 0.254 e. The predicted molar refractivity (Wildman–Crippen MR) is 56.4 cm³/mol. The summed E-state index contributed by atoms with van der Waals surface area (Å²) in [5.41, 5.74) is 0. The lowest BCUT2D eigenvalue weighted by atomic mass is 10.3. The highest BCUT2D eigenvalue weighted by Crippen LogP contribution is 2.39. The van der Waals surface area contributed by atoms with Gasteiger partial charge in [-0.1, -0.05) is 0 Å². The van der Waals surface area contributed by atoms with Crippen molar-refractivity contribution in [2.75, 3.05) is 21.3 Å². The fourth-order valence-electron chi connectivity index (χ4n) is 1.21. The zero-order valence-electron chi connectivity index (χ0n) is 9.10. The summed E-state index contributed by atoms with van der Waals surface area (Å²) in [6.45, 7) is 0. The zero-order valence-corrected chi connectivity index (χ0v) is 9.92. The van der Waals surface area contributed by atoms with Crippen LogP contribution in [0.5, 0.6) is 17.2 Å². The molecule has 0 bridgehead atoms. The second-order valence-electron chi connectivity index (χ2n) is 2.86. The van der Waals surface area contributed by atoms with Crippen LogP contribution in [0.1, 0.15) is 0 Å². The molecule has 6 nitrogen and oxygen atoms in total. The minimum Gasteiger partial charge on any atom is -0.493 e. The van der Waals surface area contributed by atoms with Gasteiger partial charge in [-0.05, 0) is 0 Å². The molecule has 0 spiro atoms. The minimum atomic E-state index is -4.06. The molecule has 0 aliphatic carbocycles. The number of sulfonamides is 1. The monoisotopic (exact) mass is 246 g/mol. The molecule has 0 atom stereocenters. The molecule has 1 aromatic rings. The van der Waals surface area contributed by atoms with E-state index in [-0.39, 0.29) is 22.1 Å². The molecule has 16 heavy (non-hydrogen) atoms. The van der Waals surface area contributed by atoms with Gasteiger partial charge in [-0.25, -0.2) is 8.42 Å². The number of nitrogens with one attached hydrogen (secondary N) is 1. The van der Waals surface area contributed by atoms with Crippen molar-refractivity contribution in [1.82, 2.24) is 5.14 Å². The van der Waals surface area contributed by atoms with Crippen LogP contribution in [-0.2, 0) is 10.0 Å². The number of methoxy groups -OCH3 is 3. The Balaban J connectivity index is 3.49. The highest BCUT2D eigenvalue weighted by atomic mass is 32.2. The molecule has 1 radical (unpaired) electrons. The van der Waals surface area contributed by atoms with Crippen molar-refractivity contribution in [3.05, 3.63) is 12.1 Å². The summed E-state index contributed by atoms with van der Waals surface area (Å²) in [5, 5.41) is 6.96.